The van der Waals surface area contributed by atoms with Crippen LogP contribution in [0, 0.1) is 6.92 Å². The van der Waals surface area contributed by atoms with Crippen LogP contribution >= 0.6 is 11.3 Å². The van der Waals surface area contributed by atoms with E-state index in [1.807, 2.05) is 37.3 Å². The van der Waals surface area contributed by atoms with E-state index in [4.69, 9.17) is 0 Å². The second kappa shape index (κ2) is 5.75. The van der Waals surface area contributed by atoms with Gasteiger partial charge >= 0.3 is 0 Å². The minimum Gasteiger partial charge on any atom is -0.335 e. The molecule has 2 aromatic rings. The number of nitrogens with one attached hydrogen (secondary N) is 3. The largest absolute Gasteiger partial charge is 0.335 e. The highest BCUT2D eigenvalue weighted by molar-refractivity contribution is 7.13. The van der Waals surface area contributed by atoms with E-state index in [0.717, 1.165) is 16.2 Å². The molecular formula is C15H17N3OS. The minimum atomic E-state index is -0.0462. The monoisotopic (exact) mass is 287 g/mol. The lowest BCUT2D eigenvalue weighted by molar-refractivity contribution is 0.0936. The number of hydrazine groups is 1. The fourth-order valence-electron chi connectivity index (χ4n) is 2.34. The second-order valence-electron chi connectivity index (χ2n) is 4.92. The molecule has 1 amide bonds. The number of benzene rings is 1. The Kier molecular flexibility index (Phi) is 3.82. The molecule has 1 saturated heterocycles. The molecule has 2 heterocycles. The summed E-state index contributed by atoms with van der Waals surface area (Å²) in [5.74, 6) is -0.0175. The van der Waals surface area contributed by atoms with Gasteiger partial charge in [0.2, 0.25) is 0 Å². The molecule has 1 aromatic heterocycles. The van der Waals surface area contributed by atoms with Crippen LogP contribution in [0.1, 0.15) is 32.6 Å². The van der Waals surface area contributed by atoms with Crippen LogP contribution in [0.4, 0.5) is 0 Å². The van der Waals surface area contributed by atoms with E-state index in [1.165, 1.54) is 16.9 Å². The molecule has 104 valence electrons. The third-order valence-corrected chi connectivity index (χ3v) is 4.37. The van der Waals surface area contributed by atoms with E-state index in [2.05, 4.69) is 28.3 Å². The molecule has 3 rings (SSSR count). The van der Waals surface area contributed by atoms with Gasteiger partial charge in [-0.25, -0.2) is 10.9 Å². The fourth-order valence-corrected chi connectivity index (χ4v) is 3.11. The highest BCUT2D eigenvalue weighted by atomic mass is 32.1. The van der Waals surface area contributed by atoms with Crippen molar-refractivity contribution in [3.8, 4) is 0 Å². The molecule has 2 atom stereocenters. The Morgan fingerprint density at radius 1 is 1.20 bits per heavy atom. The van der Waals surface area contributed by atoms with Crippen LogP contribution in [0.25, 0.3) is 0 Å². The van der Waals surface area contributed by atoms with Gasteiger partial charge in [0.15, 0.2) is 0 Å². The van der Waals surface area contributed by atoms with Gasteiger partial charge in [-0.05, 0) is 24.6 Å². The third-order valence-electron chi connectivity index (χ3n) is 3.37. The van der Waals surface area contributed by atoms with Crippen LogP contribution in [0.5, 0.6) is 0 Å². The summed E-state index contributed by atoms with van der Waals surface area (Å²) in [6.07, 6.45) is 0.787. The first-order valence-electron chi connectivity index (χ1n) is 6.65. The summed E-state index contributed by atoms with van der Waals surface area (Å²) in [5.41, 5.74) is 7.58. The number of rotatable bonds is 3. The van der Waals surface area contributed by atoms with Crippen molar-refractivity contribution >= 4 is 17.2 Å². The van der Waals surface area contributed by atoms with Crippen LogP contribution in [-0.4, -0.2) is 12.1 Å². The quantitative estimate of drug-likeness (QED) is 0.812. The number of amides is 1. The Balaban J connectivity index is 1.59. The average Bonchev–Trinajstić information content (AvgIpc) is 3.09. The minimum absolute atomic E-state index is 0.0175. The van der Waals surface area contributed by atoms with Crippen LogP contribution < -0.4 is 16.2 Å². The Labute approximate surface area is 122 Å². The third kappa shape index (κ3) is 2.90. The van der Waals surface area contributed by atoms with Crippen molar-refractivity contribution in [1.82, 2.24) is 16.2 Å². The standard InChI is InChI=1S/C15H17N3OS/c1-10-7-8-13(20-10)15(19)16-14-9-12(17-18-14)11-5-3-2-4-6-11/h2-8,12,14,17-18H,9H2,1H3,(H,16,19). The zero-order chi connectivity index (χ0) is 13.9. The van der Waals surface area contributed by atoms with Crippen molar-refractivity contribution in [3.05, 3.63) is 57.8 Å². The summed E-state index contributed by atoms with van der Waals surface area (Å²) >= 11 is 1.52. The fraction of sp³-hybridized carbons (Fsp3) is 0.267. The first kappa shape index (κ1) is 13.3. The smallest absolute Gasteiger partial charge is 0.262 e. The molecule has 1 aliphatic heterocycles. The number of hydrogen-bond donors (Lipinski definition) is 3. The van der Waals surface area contributed by atoms with Gasteiger partial charge < -0.3 is 5.32 Å². The predicted octanol–water partition coefficient (Wildman–Crippen LogP) is 2.35. The molecule has 0 bridgehead atoms. The predicted molar refractivity (Wildman–Crippen MR) is 80.4 cm³/mol. The Morgan fingerprint density at radius 3 is 2.70 bits per heavy atom. The molecule has 1 fully saturated rings. The molecule has 2 unspecified atom stereocenters. The van der Waals surface area contributed by atoms with Crippen molar-refractivity contribution in [3.63, 3.8) is 0 Å². The second-order valence-corrected chi connectivity index (χ2v) is 6.21. The van der Waals surface area contributed by atoms with E-state index in [1.54, 1.807) is 0 Å². The van der Waals surface area contributed by atoms with Gasteiger partial charge in [-0.3, -0.25) is 4.79 Å². The number of thiophene rings is 1. The summed E-state index contributed by atoms with van der Waals surface area (Å²) in [5, 5.41) is 3.01. The van der Waals surface area contributed by atoms with E-state index >= 15 is 0 Å². The summed E-state index contributed by atoms with van der Waals surface area (Å²) in [7, 11) is 0. The van der Waals surface area contributed by atoms with E-state index in [-0.39, 0.29) is 18.1 Å². The number of carbonyl (C=O) groups is 1. The molecule has 4 nitrogen and oxygen atoms in total. The Morgan fingerprint density at radius 2 is 2.00 bits per heavy atom. The lowest BCUT2D eigenvalue weighted by Gasteiger charge is -2.11. The zero-order valence-corrected chi connectivity index (χ0v) is 12.0. The van der Waals surface area contributed by atoms with Crippen LogP contribution in [-0.2, 0) is 0 Å². The molecule has 20 heavy (non-hydrogen) atoms. The average molecular weight is 287 g/mol. The SMILES string of the molecule is Cc1ccc(C(=O)NC2CC(c3ccccc3)NN2)s1. The van der Waals surface area contributed by atoms with Gasteiger partial charge in [0.25, 0.3) is 5.91 Å². The zero-order valence-electron chi connectivity index (χ0n) is 11.2. The van der Waals surface area contributed by atoms with E-state index < -0.39 is 0 Å². The molecule has 3 N–H and O–H groups in total. The molecular weight excluding hydrogens is 270 g/mol. The molecule has 0 radical (unpaired) electrons. The number of carbonyl (C=O) groups excluding carboxylic acids is 1. The highest BCUT2D eigenvalue weighted by Gasteiger charge is 2.26. The first-order valence-corrected chi connectivity index (χ1v) is 7.47. The lowest BCUT2D eigenvalue weighted by Crippen LogP contribution is -2.43. The summed E-state index contributed by atoms with van der Waals surface area (Å²) in [6, 6.07) is 14.3. The molecule has 5 heteroatoms. The van der Waals surface area contributed by atoms with Gasteiger partial charge in [0, 0.05) is 17.3 Å². The summed E-state index contributed by atoms with van der Waals surface area (Å²) in [6.45, 7) is 2.00. The summed E-state index contributed by atoms with van der Waals surface area (Å²) < 4.78 is 0. The lowest BCUT2D eigenvalue weighted by atomic mass is 10.0. The Hall–Kier alpha value is -1.69. The molecule has 1 aromatic carbocycles. The van der Waals surface area contributed by atoms with Crippen molar-refractivity contribution in [2.75, 3.05) is 0 Å². The van der Waals surface area contributed by atoms with Gasteiger partial charge in [-0.15, -0.1) is 11.3 Å². The van der Waals surface area contributed by atoms with Gasteiger partial charge in [0.05, 0.1) is 11.0 Å². The van der Waals surface area contributed by atoms with Gasteiger partial charge in [0.1, 0.15) is 0 Å². The van der Waals surface area contributed by atoms with E-state index in [0.29, 0.717) is 0 Å². The topological polar surface area (TPSA) is 53.2 Å². The molecule has 1 aliphatic rings. The van der Waals surface area contributed by atoms with Crippen LogP contribution in [0.15, 0.2) is 42.5 Å². The van der Waals surface area contributed by atoms with Crippen molar-refractivity contribution in [2.24, 2.45) is 0 Å². The molecule has 0 spiro atoms. The van der Waals surface area contributed by atoms with Crippen LogP contribution in [0.2, 0.25) is 0 Å². The van der Waals surface area contributed by atoms with E-state index in [9.17, 15) is 4.79 Å². The molecule has 0 saturated carbocycles. The van der Waals surface area contributed by atoms with Gasteiger partial charge in [-0.2, -0.15) is 0 Å². The van der Waals surface area contributed by atoms with Crippen molar-refractivity contribution in [1.29, 1.82) is 0 Å². The highest BCUT2D eigenvalue weighted by Crippen LogP contribution is 2.21. The first-order chi connectivity index (χ1) is 9.72. The van der Waals surface area contributed by atoms with Gasteiger partial charge in [-0.1, -0.05) is 30.3 Å². The maximum atomic E-state index is 12.1. The maximum absolute atomic E-state index is 12.1. The molecule has 0 aliphatic carbocycles. The van der Waals surface area contributed by atoms with Crippen molar-refractivity contribution < 1.29 is 4.79 Å². The number of hydrogen-bond acceptors (Lipinski definition) is 4. The van der Waals surface area contributed by atoms with Crippen molar-refractivity contribution in [2.45, 2.75) is 25.6 Å². The normalized spacial score (nSPS) is 21.9. The summed E-state index contributed by atoms with van der Waals surface area (Å²) in [4.78, 5) is 14.0. The maximum Gasteiger partial charge on any atom is 0.262 e. The van der Waals surface area contributed by atoms with Crippen LogP contribution in [0.3, 0.4) is 0 Å². The Bertz CT molecular complexity index is 596. The number of aryl methyl sites for hydroxylation is 1.